The summed E-state index contributed by atoms with van der Waals surface area (Å²) in [5, 5.41) is 21.2. The van der Waals surface area contributed by atoms with E-state index in [2.05, 4.69) is 247 Å². The third-order valence-electron chi connectivity index (χ3n) is 15.2. The molecular weight excluding hydrogens is 929 g/mol. The Kier molecular flexibility index (Phi) is 14.9. The van der Waals surface area contributed by atoms with Crippen molar-refractivity contribution in [1.82, 2.24) is 0 Å². The van der Waals surface area contributed by atoms with E-state index in [1.54, 1.807) is 52.3 Å². The Labute approximate surface area is 408 Å². The molecule has 0 radical (unpaired) electrons. The van der Waals surface area contributed by atoms with Gasteiger partial charge in [0.1, 0.15) is 0 Å². The second-order valence-electron chi connectivity index (χ2n) is 30.1. The van der Waals surface area contributed by atoms with Gasteiger partial charge < -0.3 is 0 Å². The molecule has 4 rings (SSSR count). The Balaban J connectivity index is 2.86. The first-order chi connectivity index (χ1) is 28.1. The summed E-state index contributed by atoms with van der Waals surface area (Å²) in [5.74, 6) is 0. The average Bonchev–Trinajstić information content (AvgIpc) is 3.26. The first kappa shape index (κ1) is 55.9. The van der Waals surface area contributed by atoms with Gasteiger partial charge in [0.05, 0.1) is 72.7 Å². The molecule has 0 fully saturated rings. The zero-order chi connectivity index (χ0) is 50.1. The number of benzene rings is 3. The second-order valence-corrected chi connectivity index (χ2v) is 79.6. The number of hydrogen-bond acceptors (Lipinski definition) is 0. The summed E-state index contributed by atoms with van der Waals surface area (Å²) in [5.41, 5.74) is 4.68. The van der Waals surface area contributed by atoms with Gasteiger partial charge in [-0.1, -0.05) is 284 Å². The third-order valence-corrected chi connectivity index (χ3v) is 40.7. The highest BCUT2D eigenvalue weighted by molar-refractivity contribution is 7.22. The van der Waals surface area contributed by atoms with E-state index in [0.717, 1.165) is 0 Å². The summed E-state index contributed by atoms with van der Waals surface area (Å²) in [7, 11) is -20.0. The van der Waals surface area contributed by atoms with Crippen LogP contribution in [0.25, 0.3) is 0 Å². The van der Waals surface area contributed by atoms with Crippen molar-refractivity contribution in [3.63, 3.8) is 0 Å². The zero-order valence-electron chi connectivity index (χ0n) is 48.0. The molecular formula is C54H100Si10. The summed E-state index contributed by atoms with van der Waals surface area (Å²) in [6.45, 7) is 82.5. The van der Waals surface area contributed by atoms with E-state index in [4.69, 9.17) is 0 Å². The molecule has 1 atom stereocenters. The van der Waals surface area contributed by atoms with E-state index >= 15 is 0 Å². The van der Waals surface area contributed by atoms with Crippen molar-refractivity contribution in [3.8, 4) is 0 Å². The molecule has 0 heterocycles. The van der Waals surface area contributed by atoms with E-state index in [9.17, 15) is 0 Å². The standard InChI is InChI=1S/C54H100Si10/c1-39-38-54(4,41(3)40(39)2)64(51-35-45(58(14,15)16)42(55(5,6)7)32-48(51)61(23,24)25,52-36-46(59(17,18)19)43(56(8,9)10)33-49(52)62(26,27)28)53-37-47(60(20,21)22)44(57(11,12)13)34-50(53)63(29,30)31/h32-38H,1-31H3. The van der Waals surface area contributed by atoms with Crippen molar-refractivity contribution >= 4 is 143 Å². The fourth-order valence-corrected chi connectivity index (χ4v) is 43.4. The van der Waals surface area contributed by atoms with Crippen molar-refractivity contribution in [2.75, 3.05) is 0 Å². The lowest BCUT2D eigenvalue weighted by molar-refractivity contribution is 0.871. The molecule has 0 spiro atoms. The molecule has 0 aliphatic heterocycles. The fraction of sp³-hybridized carbons (Fsp3) is 0.593. The van der Waals surface area contributed by atoms with E-state index in [1.807, 2.05) is 15.6 Å². The van der Waals surface area contributed by atoms with Crippen LogP contribution in [-0.2, 0) is 0 Å². The molecule has 1 aliphatic carbocycles. The van der Waals surface area contributed by atoms with Crippen LogP contribution in [0.5, 0.6) is 0 Å². The Bertz CT molecular complexity index is 2140. The predicted molar refractivity (Wildman–Crippen MR) is 331 cm³/mol. The number of rotatable bonds is 13. The van der Waals surface area contributed by atoms with E-state index in [1.165, 1.54) is 11.1 Å². The molecule has 0 N–H and O–H groups in total. The summed E-state index contributed by atoms with van der Waals surface area (Å²) >= 11 is 0. The van der Waals surface area contributed by atoms with Gasteiger partial charge in [-0.05, 0) is 41.9 Å². The lowest BCUT2D eigenvalue weighted by Crippen LogP contribution is -2.85. The predicted octanol–water partition coefficient (Wildman–Crippen LogP) is 10.1. The lowest BCUT2D eigenvalue weighted by atomic mass is 10.0. The minimum atomic E-state index is -3.22. The minimum Gasteiger partial charge on any atom is -0.0730 e. The Hall–Kier alpha value is -0.691. The van der Waals surface area contributed by atoms with E-state index in [0.29, 0.717) is 0 Å². The first-order valence-corrected chi connectivity index (χ1v) is 58.5. The molecule has 0 amide bonds. The van der Waals surface area contributed by atoms with Crippen LogP contribution in [0.1, 0.15) is 27.7 Å². The van der Waals surface area contributed by atoms with Gasteiger partial charge in [-0.2, -0.15) is 0 Å². The van der Waals surface area contributed by atoms with E-state index < -0.39 is 80.7 Å². The van der Waals surface area contributed by atoms with Crippen molar-refractivity contribution in [1.29, 1.82) is 0 Å². The molecule has 1 unspecified atom stereocenters. The van der Waals surface area contributed by atoms with Crippen molar-refractivity contribution < 1.29 is 0 Å². The lowest BCUT2D eigenvalue weighted by Gasteiger charge is -2.53. The molecule has 64 heavy (non-hydrogen) atoms. The SMILES string of the molecule is CC1=CC(C)([Si](c2cc([Si](C)(C)C)c([Si](C)(C)C)cc2[Si](C)(C)C)(c2cc([Si](C)(C)C)c([Si](C)(C)C)cc2[Si](C)(C)C)c2cc([Si](C)(C)C)c([Si](C)(C)C)cc2[Si](C)(C)C)C(C)=C1C. The van der Waals surface area contributed by atoms with Crippen LogP contribution in [0.15, 0.2) is 59.2 Å². The minimum absolute atomic E-state index is 0.176. The summed E-state index contributed by atoms with van der Waals surface area (Å²) in [6.07, 6.45) is 2.89. The van der Waals surface area contributed by atoms with Gasteiger partial charge in [0, 0.05) is 5.04 Å². The van der Waals surface area contributed by atoms with Crippen LogP contribution in [0.4, 0.5) is 0 Å². The molecule has 0 saturated heterocycles. The summed E-state index contributed by atoms with van der Waals surface area (Å²) in [6, 6.07) is 17.9. The van der Waals surface area contributed by atoms with Gasteiger partial charge in [0.15, 0.2) is 8.07 Å². The Morgan fingerprint density at radius 3 is 0.562 bits per heavy atom. The maximum atomic E-state index is 3.04. The quantitative estimate of drug-likeness (QED) is 0.118. The van der Waals surface area contributed by atoms with Crippen LogP contribution in [-0.4, -0.2) is 80.7 Å². The summed E-state index contributed by atoms with van der Waals surface area (Å²) < 4.78 is 0. The first-order valence-electron chi connectivity index (χ1n) is 25.0. The molecule has 0 saturated carbocycles. The van der Waals surface area contributed by atoms with Gasteiger partial charge >= 0.3 is 0 Å². The molecule has 0 nitrogen and oxygen atoms in total. The van der Waals surface area contributed by atoms with Crippen molar-refractivity contribution in [3.05, 3.63) is 59.2 Å². The Morgan fingerprint density at radius 1 is 0.266 bits per heavy atom. The smallest absolute Gasteiger partial charge is 0.0730 e. The highest BCUT2D eigenvalue weighted by Crippen LogP contribution is 2.53. The maximum Gasteiger partial charge on any atom is 0.161 e. The van der Waals surface area contributed by atoms with E-state index in [-0.39, 0.29) is 5.04 Å². The molecule has 0 bridgehead atoms. The number of allylic oxidation sites excluding steroid dienone is 4. The largest absolute Gasteiger partial charge is 0.161 e. The van der Waals surface area contributed by atoms with Crippen LogP contribution in [0, 0.1) is 0 Å². The van der Waals surface area contributed by atoms with Gasteiger partial charge in [-0.3, -0.25) is 0 Å². The average molecular weight is 1030 g/mol. The van der Waals surface area contributed by atoms with Crippen molar-refractivity contribution in [2.24, 2.45) is 0 Å². The number of hydrogen-bond donors (Lipinski definition) is 0. The molecule has 10 heteroatoms. The van der Waals surface area contributed by atoms with Crippen LogP contribution in [0.2, 0.25) is 182 Å². The Morgan fingerprint density at radius 2 is 0.422 bits per heavy atom. The van der Waals surface area contributed by atoms with Gasteiger partial charge in [-0.25, -0.2) is 0 Å². The highest BCUT2D eigenvalue weighted by atomic mass is 28.3. The van der Waals surface area contributed by atoms with Gasteiger partial charge in [0.2, 0.25) is 0 Å². The normalized spacial score (nSPS) is 18.0. The fourth-order valence-electron chi connectivity index (χ4n) is 11.3. The molecule has 0 aromatic heterocycles. The molecule has 3 aromatic carbocycles. The summed E-state index contributed by atoms with van der Waals surface area (Å²) in [4.78, 5) is 0. The van der Waals surface area contributed by atoms with Crippen LogP contribution in [0.3, 0.4) is 0 Å². The maximum absolute atomic E-state index is 3.22. The second kappa shape index (κ2) is 17.0. The monoisotopic (exact) mass is 1030 g/mol. The highest BCUT2D eigenvalue weighted by Gasteiger charge is 2.61. The zero-order valence-corrected chi connectivity index (χ0v) is 58.0. The van der Waals surface area contributed by atoms with Crippen LogP contribution < -0.4 is 62.2 Å². The van der Waals surface area contributed by atoms with Gasteiger partial charge in [-0.15, -0.1) is 0 Å². The topological polar surface area (TPSA) is 0 Å². The molecule has 1 aliphatic rings. The molecule has 3 aromatic rings. The van der Waals surface area contributed by atoms with Crippen molar-refractivity contribution in [2.45, 2.75) is 210 Å². The molecule has 356 valence electrons. The third kappa shape index (κ3) is 10.3. The van der Waals surface area contributed by atoms with Gasteiger partial charge in [0.25, 0.3) is 0 Å². The van der Waals surface area contributed by atoms with Crippen LogP contribution >= 0.6 is 0 Å².